The van der Waals surface area contributed by atoms with Gasteiger partial charge in [0.1, 0.15) is 5.75 Å². The molecule has 0 unspecified atom stereocenters. The van der Waals surface area contributed by atoms with Crippen LogP contribution < -0.4 is 15.4 Å². The number of ether oxygens (including phenoxy) is 1. The largest absolute Gasteiger partial charge is 0.490 e. The zero-order valence-electron chi connectivity index (χ0n) is 16.6. The smallest absolute Gasteiger partial charge is 0.225 e. The fourth-order valence-electron chi connectivity index (χ4n) is 4.32. The fourth-order valence-corrected chi connectivity index (χ4v) is 4.32. The molecule has 2 atom stereocenters. The van der Waals surface area contributed by atoms with E-state index in [0.29, 0.717) is 19.2 Å². The molecular formula is C22H30N4O2. The lowest BCUT2D eigenvalue weighted by Gasteiger charge is -2.23. The molecule has 1 saturated heterocycles. The zero-order valence-corrected chi connectivity index (χ0v) is 16.6. The third-order valence-corrected chi connectivity index (χ3v) is 5.95. The summed E-state index contributed by atoms with van der Waals surface area (Å²) >= 11 is 0. The van der Waals surface area contributed by atoms with E-state index in [1.54, 1.807) is 4.68 Å². The number of benzene rings is 1. The Labute approximate surface area is 166 Å². The van der Waals surface area contributed by atoms with Crippen LogP contribution in [0.4, 0.5) is 0 Å². The molecule has 2 aromatic rings. The second-order valence-electron chi connectivity index (χ2n) is 8.06. The highest BCUT2D eigenvalue weighted by molar-refractivity contribution is 5.80. The van der Waals surface area contributed by atoms with Gasteiger partial charge in [0.2, 0.25) is 5.91 Å². The minimum atomic E-state index is -0.0573. The molecule has 2 aliphatic rings. The summed E-state index contributed by atoms with van der Waals surface area (Å²) in [6, 6.07) is 8.13. The van der Waals surface area contributed by atoms with Gasteiger partial charge < -0.3 is 15.4 Å². The topological polar surface area (TPSA) is 68.2 Å². The highest BCUT2D eigenvalue weighted by atomic mass is 16.5. The number of aromatic nitrogens is 2. The Morgan fingerprint density at radius 3 is 2.71 bits per heavy atom. The van der Waals surface area contributed by atoms with Gasteiger partial charge in [-0.15, -0.1) is 0 Å². The van der Waals surface area contributed by atoms with Gasteiger partial charge in [-0.3, -0.25) is 9.48 Å². The standard InChI is InChI=1S/C22H30N4O2/c1-26-15-17(12-25-26)20-13-23-14-21(20)22(27)24-11-16-7-9-19(10-8-16)28-18-5-3-2-4-6-18/h7-10,12,15,18,20-21,23H,2-6,11,13-14H2,1H3,(H,24,27)/t20-,21+/m1/s1. The van der Waals surface area contributed by atoms with Gasteiger partial charge >= 0.3 is 0 Å². The van der Waals surface area contributed by atoms with Crippen molar-refractivity contribution in [3.05, 3.63) is 47.8 Å². The zero-order chi connectivity index (χ0) is 19.3. The van der Waals surface area contributed by atoms with Crippen LogP contribution in [0.15, 0.2) is 36.7 Å². The molecule has 1 amide bonds. The predicted octanol–water partition coefficient (Wildman–Crippen LogP) is 2.75. The number of nitrogens with one attached hydrogen (secondary N) is 2. The summed E-state index contributed by atoms with van der Waals surface area (Å²) in [5, 5.41) is 10.7. The number of carbonyl (C=O) groups excluding carboxylic acids is 1. The van der Waals surface area contributed by atoms with Crippen LogP contribution in [0.1, 0.15) is 49.1 Å². The highest BCUT2D eigenvalue weighted by Gasteiger charge is 2.34. The van der Waals surface area contributed by atoms with E-state index in [0.717, 1.165) is 36.3 Å². The summed E-state index contributed by atoms with van der Waals surface area (Å²) in [6.45, 7) is 2.06. The average Bonchev–Trinajstić information content (AvgIpc) is 3.37. The van der Waals surface area contributed by atoms with E-state index >= 15 is 0 Å². The van der Waals surface area contributed by atoms with Crippen molar-refractivity contribution < 1.29 is 9.53 Å². The van der Waals surface area contributed by atoms with Gasteiger partial charge in [0, 0.05) is 38.8 Å². The molecule has 1 aromatic heterocycles. The number of hydrogen-bond donors (Lipinski definition) is 2. The van der Waals surface area contributed by atoms with Crippen molar-refractivity contribution in [2.45, 2.75) is 50.7 Å². The van der Waals surface area contributed by atoms with E-state index in [-0.39, 0.29) is 17.7 Å². The predicted molar refractivity (Wildman–Crippen MR) is 108 cm³/mol. The molecule has 0 bridgehead atoms. The van der Waals surface area contributed by atoms with Gasteiger partial charge in [-0.2, -0.15) is 5.10 Å². The Bertz CT molecular complexity index is 780. The molecule has 0 radical (unpaired) electrons. The Balaban J connectivity index is 1.29. The normalized spacial score (nSPS) is 22.9. The molecule has 2 fully saturated rings. The first-order valence-electron chi connectivity index (χ1n) is 10.4. The number of nitrogens with zero attached hydrogens (tertiary/aromatic N) is 2. The quantitative estimate of drug-likeness (QED) is 0.806. The molecule has 1 aromatic carbocycles. The number of rotatable bonds is 6. The summed E-state index contributed by atoms with van der Waals surface area (Å²) in [7, 11) is 1.91. The summed E-state index contributed by atoms with van der Waals surface area (Å²) in [5.74, 6) is 1.15. The molecule has 6 heteroatoms. The van der Waals surface area contributed by atoms with Crippen LogP contribution in [0, 0.1) is 5.92 Å². The molecule has 2 heterocycles. The molecule has 2 N–H and O–H groups in total. The van der Waals surface area contributed by atoms with Crippen LogP contribution in [0.3, 0.4) is 0 Å². The minimum Gasteiger partial charge on any atom is -0.490 e. The van der Waals surface area contributed by atoms with Crippen LogP contribution in [0.25, 0.3) is 0 Å². The van der Waals surface area contributed by atoms with E-state index in [2.05, 4.69) is 15.7 Å². The Morgan fingerprint density at radius 2 is 2.00 bits per heavy atom. The van der Waals surface area contributed by atoms with E-state index < -0.39 is 0 Å². The molecule has 6 nitrogen and oxygen atoms in total. The molecule has 4 rings (SSSR count). The first-order chi connectivity index (χ1) is 13.7. The molecule has 1 aliphatic carbocycles. The monoisotopic (exact) mass is 382 g/mol. The number of amides is 1. The Morgan fingerprint density at radius 1 is 1.21 bits per heavy atom. The first kappa shape index (κ1) is 19.0. The van der Waals surface area contributed by atoms with Crippen LogP contribution >= 0.6 is 0 Å². The van der Waals surface area contributed by atoms with E-state index in [9.17, 15) is 4.79 Å². The fraction of sp³-hybridized carbons (Fsp3) is 0.545. The Kier molecular flexibility index (Phi) is 5.95. The second kappa shape index (κ2) is 8.78. The lowest BCUT2D eigenvalue weighted by molar-refractivity contribution is -0.125. The first-order valence-corrected chi connectivity index (χ1v) is 10.4. The van der Waals surface area contributed by atoms with Gasteiger partial charge in [-0.1, -0.05) is 18.6 Å². The van der Waals surface area contributed by atoms with Gasteiger partial charge in [0.05, 0.1) is 18.2 Å². The third kappa shape index (κ3) is 4.55. The van der Waals surface area contributed by atoms with Crippen molar-refractivity contribution in [2.24, 2.45) is 13.0 Å². The van der Waals surface area contributed by atoms with E-state index in [4.69, 9.17) is 4.74 Å². The lowest BCUT2D eigenvalue weighted by Crippen LogP contribution is -2.33. The summed E-state index contributed by atoms with van der Waals surface area (Å²) in [4.78, 5) is 12.7. The summed E-state index contributed by atoms with van der Waals surface area (Å²) in [6.07, 6.45) is 10.4. The van der Waals surface area contributed by atoms with Gasteiger partial charge in [-0.25, -0.2) is 0 Å². The Hall–Kier alpha value is -2.34. The third-order valence-electron chi connectivity index (χ3n) is 5.95. The van der Waals surface area contributed by atoms with Crippen LogP contribution in [0.5, 0.6) is 5.75 Å². The van der Waals surface area contributed by atoms with Crippen molar-refractivity contribution in [1.29, 1.82) is 0 Å². The van der Waals surface area contributed by atoms with E-state index in [1.165, 1.54) is 19.3 Å². The maximum Gasteiger partial charge on any atom is 0.225 e. The van der Waals surface area contributed by atoms with Crippen LogP contribution in [0.2, 0.25) is 0 Å². The van der Waals surface area contributed by atoms with Crippen molar-refractivity contribution in [2.75, 3.05) is 13.1 Å². The highest BCUT2D eigenvalue weighted by Crippen LogP contribution is 2.28. The van der Waals surface area contributed by atoms with Gasteiger partial charge in [0.25, 0.3) is 0 Å². The SMILES string of the molecule is Cn1cc([C@H]2CNC[C@@H]2C(=O)NCc2ccc(OC3CCCCC3)cc2)cn1. The molecule has 28 heavy (non-hydrogen) atoms. The number of aryl methyl sites for hydroxylation is 1. The van der Waals surface area contributed by atoms with Gasteiger partial charge in [0.15, 0.2) is 0 Å². The molecule has 150 valence electrons. The minimum absolute atomic E-state index is 0.0573. The van der Waals surface area contributed by atoms with Crippen molar-refractivity contribution in [3.63, 3.8) is 0 Å². The van der Waals surface area contributed by atoms with Crippen molar-refractivity contribution in [3.8, 4) is 5.75 Å². The number of carbonyl (C=O) groups is 1. The second-order valence-corrected chi connectivity index (χ2v) is 8.06. The van der Waals surface area contributed by atoms with Crippen LogP contribution in [-0.4, -0.2) is 34.9 Å². The number of hydrogen-bond acceptors (Lipinski definition) is 4. The van der Waals surface area contributed by atoms with Crippen LogP contribution in [-0.2, 0) is 18.4 Å². The molecule has 1 aliphatic heterocycles. The summed E-state index contributed by atoms with van der Waals surface area (Å²) < 4.78 is 7.87. The molecular weight excluding hydrogens is 352 g/mol. The van der Waals surface area contributed by atoms with Crippen molar-refractivity contribution >= 4 is 5.91 Å². The van der Waals surface area contributed by atoms with E-state index in [1.807, 2.05) is 43.7 Å². The van der Waals surface area contributed by atoms with Gasteiger partial charge in [-0.05, 0) is 48.9 Å². The molecule has 0 spiro atoms. The average molecular weight is 383 g/mol. The lowest BCUT2D eigenvalue weighted by atomic mass is 9.90. The van der Waals surface area contributed by atoms with Crippen molar-refractivity contribution in [1.82, 2.24) is 20.4 Å². The summed E-state index contributed by atoms with van der Waals surface area (Å²) in [5.41, 5.74) is 2.21. The maximum atomic E-state index is 12.7. The molecule has 1 saturated carbocycles. The maximum absolute atomic E-state index is 12.7.